The Kier molecular flexibility index (Phi) is 2.55. The van der Waals surface area contributed by atoms with Crippen molar-refractivity contribution in [2.45, 2.75) is 30.6 Å². The molecule has 1 aliphatic carbocycles. The minimum absolute atomic E-state index is 0.166. The van der Waals surface area contributed by atoms with Crippen molar-refractivity contribution in [1.82, 2.24) is 10.1 Å². The molecule has 1 heterocycles. The molecular weight excluding hydrogens is 188 g/mol. The summed E-state index contributed by atoms with van der Waals surface area (Å²) in [6.45, 7) is 0. The highest BCUT2D eigenvalue weighted by Gasteiger charge is 2.32. The Morgan fingerprint density at radius 2 is 2.38 bits per heavy atom. The van der Waals surface area contributed by atoms with Crippen LogP contribution >= 0.6 is 11.8 Å². The summed E-state index contributed by atoms with van der Waals surface area (Å²) in [5.74, 6) is 2.52. The number of rotatable bonds is 3. The largest absolute Gasteiger partial charge is 0.393 e. The van der Waals surface area contributed by atoms with Gasteiger partial charge in [0.15, 0.2) is 5.82 Å². The molecule has 0 spiro atoms. The highest BCUT2D eigenvalue weighted by Crippen LogP contribution is 2.35. The smallest absolute Gasteiger partial charge is 0.229 e. The van der Waals surface area contributed by atoms with Crippen molar-refractivity contribution >= 4 is 11.8 Å². The first-order chi connectivity index (χ1) is 6.29. The molecule has 1 aliphatic rings. The highest BCUT2D eigenvalue weighted by atomic mass is 32.2. The molecule has 0 atom stereocenters. The highest BCUT2D eigenvalue weighted by molar-refractivity contribution is 7.97. The molecule has 5 heteroatoms. The summed E-state index contributed by atoms with van der Waals surface area (Å²) < 4.78 is 5.08. The van der Waals surface area contributed by atoms with Crippen molar-refractivity contribution in [2.24, 2.45) is 0 Å². The van der Waals surface area contributed by atoms with Crippen LogP contribution in [0.4, 0.5) is 0 Å². The van der Waals surface area contributed by atoms with E-state index in [0.717, 1.165) is 24.4 Å². The summed E-state index contributed by atoms with van der Waals surface area (Å²) in [6.07, 6.45) is 3.37. The Balaban J connectivity index is 1.97. The Morgan fingerprint density at radius 1 is 1.62 bits per heavy atom. The van der Waals surface area contributed by atoms with Crippen molar-refractivity contribution < 1.29 is 9.63 Å². The number of hydrogen-bond acceptors (Lipinski definition) is 5. The molecule has 0 radical (unpaired) electrons. The molecule has 2 rings (SSSR count). The van der Waals surface area contributed by atoms with E-state index >= 15 is 0 Å². The maximum Gasteiger partial charge on any atom is 0.229 e. The molecule has 4 nitrogen and oxygen atoms in total. The molecule has 0 unspecified atom stereocenters. The zero-order valence-electron chi connectivity index (χ0n) is 7.43. The third-order valence-corrected chi connectivity index (χ3v) is 2.77. The standard InChI is InChI=1S/C8H12N2O2S/c1-13-4-7-9-8(12-10-7)5-2-6(11)3-5/h5-6,11H,2-4H2,1H3. The molecule has 0 aliphatic heterocycles. The second kappa shape index (κ2) is 3.67. The molecular formula is C8H12N2O2S. The fraction of sp³-hybridized carbons (Fsp3) is 0.750. The van der Waals surface area contributed by atoms with Gasteiger partial charge in [-0.1, -0.05) is 5.16 Å². The number of aliphatic hydroxyl groups excluding tert-OH is 1. The molecule has 0 bridgehead atoms. The van der Waals surface area contributed by atoms with Crippen LogP contribution in [0.15, 0.2) is 4.52 Å². The zero-order chi connectivity index (χ0) is 9.26. The first-order valence-electron chi connectivity index (χ1n) is 4.29. The van der Waals surface area contributed by atoms with Gasteiger partial charge in [0.05, 0.1) is 11.9 Å². The van der Waals surface area contributed by atoms with Crippen LogP contribution in [0.25, 0.3) is 0 Å². The first-order valence-corrected chi connectivity index (χ1v) is 5.68. The van der Waals surface area contributed by atoms with Crippen LogP contribution in [0.5, 0.6) is 0 Å². The van der Waals surface area contributed by atoms with E-state index in [4.69, 9.17) is 9.63 Å². The number of thioether (sulfide) groups is 1. The van der Waals surface area contributed by atoms with E-state index in [0.29, 0.717) is 5.89 Å². The van der Waals surface area contributed by atoms with Gasteiger partial charge in [0.25, 0.3) is 0 Å². The number of aromatic nitrogens is 2. The molecule has 0 saturated heterocycles. The van der Waals surface area contributed by atoms with E-state index in [-0.39, 0.29) is 12.0 Å². The van der Waals surface area contributed by atoms with Crippen LogP contribution in [0.2, 0.25) is 0 Å². The van der Waals surface area contributed by atoms with Crippen LogP contribution in [-0.2, 0) is 5.75 Å². The minimum atomic E-state index is -0.166. The van der Waals surface area contributed by atoms with E-state index in [1.807, 2.05) is 6.26 Å². The van der Waals surface area contributed by atoms with Crippen molar-refractivity contribution in [3.05, 3.63) is 11.7 Å². The fourth-order valence-electron chi connectivity index (χ4n) is 1.41. The first kappa shape index (κ1) is 9.02. The minimum Gasteiger partial charge on any atom is -0.393 e. The van der Waals surface area contributed by atoms with E-state index in [1.165, 1.54) is 0 Å². The number of hydrogen-bond donors (Lipinski definition) is 1. The van der Waals surface area contributed by atoms with Gasteiger partial charge in [-0.15, -0.1) is 0 Å². The molecule has 1 saturated carbocycles. The lowest BCUT2D eigenvalue weighted by atomic mass is 9.82. The van der Waals surface area contributed by atoms with E-state index in [1.54, 1.807) is 11.8 Å². The number of nitrogens with zero attached hydrogens (tertiary/aromatic N) is 2. The van der Waals surface area contributed by atoms with Gasteiger partial charge in [-0.05, 0) is 19.1 Å². The lowest BCUT2D eigenvalue weighted by molar-refractivity contribution is 0.0625. The van der Waals surface area contributed by atoms with E-state index in [9.17, 15) is 0 Å². The van der Waals surface area contributed by atoms with E-state index in [2.05, 4.69) is 10.1 Å². The van der Waals surface area contributed by atoms with Crippen molar-refractivity contribution in [3.63, 3.8) is 0 Å². The summed E-state index contributed by atoms with van der Waals surface area (Å²) in [6, 6.07) is 0. The molecule has 1 aromatic rings. The second-order valence-electron chi connectivity index (χ2n) is 3.30. The predicted octanol–water partition coefficient (Wildman–Crippen LogP) is 1.17. The van der Waals surface area contributed by atoms with Crippen molar-refractivity contribution in [1.29, 1.82) is 0 Å². The van der Waals surface area contributed by atoms with Gasteiger partial charge in [-0.25, -0.2) is 0 Å². The third kappa shape index (κ3) is 1.86. The summed E-state index contributed by atoms with van der Waals surface area (Å²) in [5, 5.41) is 12.9. The van der Waals surface area contributed by atoms with E-state index < -0.39 is 0 Å². The zero-order valence-corrected chi connectivity index (χ0v) is 8.25. The average molecular weight is 200 g/mol. The normalized spacial score (nSPS) is 27.2. The van der Waals surface area contributed by atoms with Crippen LogP contribution in [0, 0.1) is 0 Å². The maximum absolute atomic E-state index is 9.10. The third-order valence-electron chi connectivity index (χ3n) is 2.22. The Labute approximate surface area is 80.7 Å². The lowest BCUT2D eigenvalue weighted by Crippen LogP contribution is -2.26. The van der Waals surface area contributed by atoms with Crippen molar-refractivity contribution in [3.8, 4) is 0 Å². The van der Waals surface area contributed by atoms with Gasteiger partial charge in [-0.2, -0.15) is 16.7 Å². The number of aliphatic hydroxyl groups is 1. The average Bonchev–Trinajstić information content (AvgIpc) is 2.48. The van der Waals surface area contributed by atoms with Gasteiger partial charge in [0.2, 0.25) is 5.89 Å². The summed E-state index contributed by atoms with van der Waals surface area (Å²) in [4.78, 5) is 4.25. The quantitative estimate of drug-likeness (QED) is 0.793. The molecule has 1 N–H and O–H groups in total. The second-order valence-corrected chi connectivity index (χ2v) is 4.17. The monoisotopic (exact) mass is 200 g/mol. The van der Waals surface area contributed by atoms with Crippen LogP contribution < -0.4 is 0 Å². The Hall–Kier alpha value is -0.550. The molecule has 13 heavy (non-hydrogen) atoms. The maximum atomic E-state index is 9.10. The Morgan fingerprint density at radius 3 is 3.00 bits per heavy atom. The van der Waals surface area contributed by atoms with Gasteiger partial charge >= 0.3 is 0 Å². The molecule has 1 aromatic heterocycles. The van der Waals surface area contributed by atoms with Crippen molar-refractivity contribution in [2.75, 3.05) is 6.26 Å². The van der Waals surface area contributed by atoms with Gasteiger partial charge in [0, 0.05) is 5.92 Å². The van der Waals surface area contributed by atoms with Gasteiger partial charge < -0.3 is 9.63 Å². The predicted molar refractivity (Wildman–Crippen MR) is 49.5 cm³/mol. The molecule has 1 fully saturated rings. The molecule has 72 valence electrons. The fourth-order valence-corrected chi connectivity index (χ4v) is 1.79. The lowest BCUT2D eigenvalue weighted by Gasteiger charge is -2.27. The summed E-state index contributed by atoms with van der Waals surface area (Å²) in [7, 11) is 0. The van der Waals surface area contributed by atoms with Gasteiger partial charge in [-0.3, -0.25) is 0 Å². The molecule has 0 amide bonds. The van der Waals surface area contributed by atoms with Crippen LogP contribution in [0.1, 0.15) is 30.5 Å². The topological polar surface area (TPSA) is 59.2 Å². The summed E-state index contributed by atoms with van der Waals surface area (Å²) >= 11 is 1.67. The SMILES string of the molecule is CSCc1noc(C2CC(O)C2)n1. The van der Waals surface area contributed by atoms with Gasteiger partial charge in [0.1, 0.15) is 0 Å². The van der Waals surface area contributed by atoms with Crippen LogP contribution in [0.3, 0.4) is 0 Å². The van der Waals surface area contributed by atoms with Crippen LogP contribution in [-0.4, -0.2) is 27.6 Å². The Bertz CT molecular complexity index is 283. The summed E-state index contributed by atoms with van der Waals surface area (Å²) in [5.41, 5.74) is 0. The molecule has 0 aromatic carbocycles.